The minimum absolute atomic E-state index is 0.142. The number of alkyl carbamates (subject to hydrolysis) is 1. The average Bonchev–Trinajstić information content (AvgIpc) is 3.51. The Morgan fingerprint density at radius 3 is 2.40 bits per heavy atom. The van der Waals surface area contributed by atoms with Gasteiger partial charge < -0.3 is 20.3 Å². The number of nitrogens with zero attached hydrogens (tertiary/aromatic N) is 5. The molecule has 0 spiro atoms. The fraction of sp³-hybridized carbons (Fsp3) is 0.615. The predicted octanol–water partition coefficient (Wildman–Crippen LogP) is 3.62. The molecule has 3 rings (SSSR count). The number of nitrogens with one attached hydrogen (secondary N) is 2. The Morgan fingerprint density at radius 2 is 1.82 bits per heavy atom. The van der Waals surface area contributed by atoms with E-state index >= 15 is 0 Å². The first kappa shape index (κ1) is 30.8. The third kappa shape index (κ3) is 8.39. The lowest BCUT2D eigenvalue weighted by molar-refractivity contribution is -0.140. The molecular weight excluding hydrogens is 531 g/mol. The van der Waals surface area contributed by atoms with Gasteiger partial charge in [0, 0.05) is 13.1 Å². The van der Waals surface area contributed by atoms with Gasteiger partial charge in [-0.2, -0.15) is 13.2 Å². The number of alkyl halides is 3. The van der Waals surface area contributed by atoms with E-state index in [2.05, 4.69) is 26.2 Å². The molecule has 0 saturated carbocycles. The summed E-state index contributed by atoms with van der Waals surface area (Å²) >= 11 is 0. The minimum Gasteiger partial charge on any atom is -0.444 e. The second-order valence-corrected chi connectivity index (χ2v) is 12.0. The Morgan fingerprint density at radius 1 is 1.12 bits per heavy atom. The zero-order chi connectivity index (χ0) is 29.9. The molecule has 0 aliphatic carbocycles. The molecule has 14 heteroatoms. The molecule has 1 aromatic carbocycles. The summed E-state index contributed by atoms with van der Waals surface area (Å²) in [5.41, 5.74) is -1.57. The van der Waals surface area contributed by atoms with Crippen LogP contribution in [0.3, 0.4) is 0 Å². The molecule has 0 unspecified atom stereocenters. The standard InChI is InChI=1S/C26H36F3N7O4/c1-24(2,3)13-18(32-23(39)40-25(4,5)6)22(38)35-11-7-8-20(35)21(37)30-14-16-12-17(26(27,28)29)9-10-19(16)36-15-31-33-34-36/h9-10,12,15,18,20H,7-8,11,13-14H2,1-6H3,(H,30,37)(H,32,39)/t18-,20+/m1/s1. The summed E-state index contributed by atoms with van der Waals surface area (Å²) in [6.45, 7) is 11.0. The van der Waals surface area contributed by atoms with Crippen LogP contribution in [0.25, 0.3) is 5.69 Å². The van der Waals surface area contributed by atoms with E-state index < -0.39 is 47.3 Å². The SMILES string of the molecule is CC(C)(C)C[C@@H](NC(=O)OC(C)(C)C)C(=O)N1CCC[C@H]1C(=O)NCc1cc(C(F)(F)F)ccc1-n1cnnn1. The summed E-state index contributed by atoms with van der Waals surface area (Å²) in [7, 11) is 0. The first-order valence-corrected chi connectivity index (χ1v) is 13.0. The van der Waals surface area contributed by atoms with Crippen LogP contribution in [0, 0.1) is 5.41 Å². The highest BCUT2D eigenvalue weighted by Gasteiger charge is 2.39. The molecule has 3 amide bonds. The fourth-order valence-corrected chi connectivity index (χ4v) is 4.46. The summed E-state index contributed by atoms with van der Waals surface area (Å²) in [4.78, 5) is 40.8. The van der Waals surface area contributed by atoms with Gasteiger partial charge in [0.15, 0.2) is 0 Å². The zero-order valence-electron chi connectivity index (χ0n) is 23.5. The lowest BCUT2D eigenvalue weighted by Crippen LogP contribution is -2.54. The van der Waals surface area contributed by atoms with E-state index in [1.165, 1.54) is 22.0 Å². The maximum Gasteiger partial charge on any atom is 0.416 e. The van der Waals surface area contributed by atoms with E-state index in [1.807, 2.05) is 20.8 Å². The van der Waals surface area contributed by atoms with Crippen LogP contribution in [-0.4, -0.2) is 67.2 Å². The van der Waals surface area contributed by atoms with Gasteiger partial charge >= 0.3 is 12.3 Å². The van der Waals surface area contributed by atoms with E-state index in [1.54, 1.807) is 20.8 Å². The zero-order valence-corrected chi connectivity index (χ0v) is 23.5. The van der Waals surface area contributed by atoms with Crippen LogP contribution in [0.1, 0.15) is 71.9 Å². The highest BCUT2D eigenvalue weighted by atomic mass is 19.4. The number of benzene rings is 1. The molecule has 2 N–H and O–H groups in total. The molecule has 2 aromatic rings. The van der Waals surface area contributed by atoms with Crippen LogP contribution < -0.4 is 10.6 Å². The van der Waals surface area contributed by atoms with Crippen molar-refractivity contribution in [1.82, 2.24) is 35.7 Å². The number of amides is 3. The first-order chi connectivity index (χ1) is 18.4. The Balaban J connectivity index is 1.78. The molecule has 11 nitrogen and oxygen atoms in total. The third-order valence-electron chi connectivity index (χ3n) is 6.10. The number of aromatic nitrogens is 4. The van der Waals surface area contributed by atoms with Gasteiger partial charge in [-0.3, -0.25) is 9.59 Å². The van der Waals surface area contributed by atoms with Crippen LogP contribution in [0.5, 0.6) is 0 Å². The summed E-state index contributed by atoms with van der Waals surface area (Å²) in [6.07, 6.45) is -2.87. The highest BCUT2D eigenvalue weighted by Crippen LogP contribution is 2.31. The van der Waals surface area contributed by atoms with Crippen molar-refractivity contribution in [1.29, 1.82) is 0 Å². The maximum atomic E-state index is 13.6. The molecular formula is C26H36F3N7O4. The topological polar surface area (TPSA) is 131 Å². The number of carbonyl (C=O) groups excluding carboxylic acids is 3. The normalized spacial score (nSPS) is 16.9. The highest BCUT2D eigenvalue weighted by molar-refractivity contribution is 5.92. The minimum atomic E-state index is -4.59. The van der Waals surface area contributed by atoms with Crippen molar-refractivity contribution >= 4 is 17.9 Å². The van der Waals surface area contributed by atoms with Gasteiger partial charge in [-0.1, -0.05) is 20.8 Å². The molecule has 1 aliphatic heterocycles. The summed E-state index contributed by atoms with van der Waals surface area (Å²) < 4.78 is 46.7. The van der Waals surface area contributed by atoms with E-state index in [0.29, 0.717) is 25.8 Å². The van der Waals surface area contributed by atoms with Crippen molar-refractivity contribution in [2.75, 3.05) is 6.54 Å². The van der Waals surface area contributed by atoms with E-state index in [4.69, 9.17) is 4.74 Å². The Hall–Kier alpha value is -3.71. The van der Waals surface area contributed by atoms with Crippen molar-refractivity contribution < 1.29 is 32.3 Å². The van der Waals surface area contributed by atoms with Gasteiger partial charge in [0.1, 0.15) is 24.0 Å². The van der Waals surface area contributed by atoms with Gasteiger partial charge in [-0.15, -0.1) is 5.10 Å². The molecule has 220 valence electrons. The maximum absolute atomic E-state index is 13.6. The Labute approximate surface area is 230 Å². The number of hydrogen-bond donors (Lipinski definition) is 2. The van der Waals surface area contributed by atoms with Gasteiger partial charge in [0.05, 0.1) is 11.3 Å². The second kappa shape index (κ2) is 11.8. The van der Waals surface area contributed by atoms with Crippen molar-refractivity contribution in [3.63, 3.8) is 0 Å². The second-order valence-electron chi connectivity index (χ2n) is 12.0. The molecule has 0 bridgehead atoms. The fourth-order valence-electron chi connectivity index (χ4n) is 4.46. The molecule has 2 heterocycles. The lowest BCUT2D eigenvalue weighted by Gasteiger charge is -2.32. The smallest absolute Gasteiger partial charge is 0.416 e. The molecule has 1 saturated heterocycles. The summed E-state index contributed by atoms with van der Waals surface area (Å²) in [5.74, 6) is -0.940. The van der Waals surface area contributed by atoms with E-state index in [9.17, 15) is 27.6 Å². The van der Waals surface area contributed by atoms with Crippen molar-refractivity contribution in [3.8, 4) is 5.69 Å². The first-order valence-electron chi connectivity index (χ1n) is 13.0. The quantitative estimate of drug-likeness (QED) is 0.523. The van der Waals surface area contributed by atoms with Crippen LogP contribution in [0.15, 0.2) is 24.5 Å². The molecule has 1 aromatic heterocycles. The molecule has 1 fully saturated rings. The number of likely N-dealkylation sites (tertiary alicyclic amines) is 1. The van der Waals surface area contributed by atoms with Gasteiger partial charge in [-0.25, -0.2) is 9.48 Å². The Bertz CT molecular complexity index is 1200. The van der Waals surface area contributed by atoms with Crippen molar-refractivity contribution in [2.45, 2.75) is 91.2 Å². The molecule has 40 heavy (non-hydrogen) atoms. The van der Waals surface area contributed by atoms with Crippen molar-refractivity contribution in [3.05, 3.63) is 35.7 Å². The number of carbonyl (C=O) groups is 3. The lowest BCUT2D eigenvalue weighted by atomic mass is 9.87. The largest absolute Gasteiger partial charge is 0.444 e. The number of halogens is 3. The predicted molar refractivity (Wildman–Crippen MR) is 138 cm³/mol. The third-order valence-corrected chi connectivity index (χ3v) is 6.10. The van der Waals surface area contributed by atoms with E-state index in [0.717, 1.165) is 12.1 Å². The number of hydrogen-bond acceptors (Lipinski definition) is 7. The number of ether oxygens (including phenoxy) is 1. The van der Waals surface area contributed by atoms with Gasteiger partial charge in [0.2, 0.25) is 11.8 Å². The van der Waals surface area contributed by atoms with Crippen LogP contribution in [0.2, 0.25) is 0 Å². The average molecular weight is 568 g/mol. The molecule has 2 atom stereocenters. The molecule has 0 radical (unpaired) electrons. The van der Waals surface area contributed by atoms with Gasteiger partial charge in [0.25, 0.3) is 0 Å². The van der Waals surface area contributed by atoms with Crippen molar-refractivity contribution in [2.24, 2.45) is 5.41 Å². The monoisotopic (exact) mass is 567 g/mol. The number of rotatable bonds is 7. The number of tetrazole rings is 1. The summed E-state index contributed by atoms with van der Waals surface area (Å²) in [5, 5.41) is 16.1. The van der Waals surface area contributed by atoms with E-state index in [-0.39, 0.29) is 23.2 Å². The van der Waals surface area contributed by atoms with Gasteiger partial charge in [-0.05, 0) is 79.6 Å². The van der Waals surface area contributed by atoms with Crippen LogP contribution >= 0.6 is 0 Å². The van der Waals surface area contributed by atoms with Crippen LogP contribution in [-0.2, 0) is 27.0 Å². The molecule has 1 aliphatic rings. The summed E-state index contributed by atoms with van der Waals surface area (Å²) in [6, 6.07) is 1.29. The Kier molecular flexibility index (Phi) is 9.10. The van der Waals surface area contributed by atoms with Crippen LogP contribution in [0.4, 0.5) is 18.0 Å².